The number of carbonyl (C=O) groups excluding carboxylic acids is 2. The zero-order valence-electron chi connectivity index (χ0n) is 14.1. The lowest BCUT2D eigenvalue weighted by molar-refractivity contribution is -0.129. The molecule has 0 radical (unpaired) electrons. The smallest absolute Gasteiger partial charge is 0.225 e. The van der Waals surface area contributed by atoms with Crippen molar-refractivity contribution >= 4 is 17.5 Å². The van der Waals surface area contributed by atoms with Gasteiger partial charge in [-0.15, -0.1) is 0 Å². The van der Waals surface area contributed by atoms with Gasteiger partial charge >= 0.3 is 0 Å². The topological polar surface area (TPSA) is 92.5 Å². The second-order valence-corrected chi connectivity index (χ2v) is 6.31. The van der Waals surface area contributed by atoms with Crippen LogP contribution in [-0.4, -0.2) is 42.8 Å². The van der Waals surface area contributed by atoms with E-state index in [4.69, 9.17) is 0 Å². The summed E-state index contributed by atoms with van der Waals surface area (Å²) >= 11 is 0. The van der Waals surface area contributed by atoms with Crippen molar-refractivity contribution in [1.29, 1.82) is 0 Å². The van der Waals surface area contributed by atoms with Gasteiger partial charge in [0.1, 0.15) is 0 Å². The summed E-state index contributed by atoms with van der Waals surface area (Å²) in [6, 6.07) is 5.56. The number of fused-ring (bicyclic) bond motifs is 1. The standard InChI is InChI=1S/C18H18N6O2/c25-16-7-14(12-23(16)11-13-3-1-4-19-8-13)18(26)21-9-15-10-22-24-6-2-5-20-17(15)24/h1-6,8,10,14H,7,9,11-12H2,(H,21,26)/t14-/m1/s1. The molecule has 1 atom stereocenters. The fourth-order valence-electron chi connectivity index (χ4n) is 3.14. The maximum absolute atomic E-state index is 12.5. The molecule has 3 aromatic rings. The molecule has 8 heteroatoms. The van der Waals surface area contributed by atoms with E-state index in [0.717, 1.165) is 11.1 Å². The minimum Gasteiger partial charge on any atom is -0.352 e. The molecule has 0 aromatic carbocycles. The molecule has 0 bridgehead atoms. The highest BCUT2D eigenvalue weighted by Gasteiger charge is 2.34. The van der Waals surface area contributed by atoms with Crippen molar-refractivity contribution in [2.45, 2.75) is 19.5 Å². The summed E-state index contributed by atoms with van der Waals surface area (Å²) in [5, 5.41) is 7.10. The molecular formula is C18H18N6O2. The van der Waals surface area contributed by atoms with Crippen molar-refractivity contribution in [2.75, 3.05) is 6.54 Å². The van der Waals surface area contributed by atoms with Gasteiger partial charge in [-0.3, -0.25) is 14.6 Å². The van der Waals surface area contributed by atoms with E-state index in [1.54, 1.807) is 46.5 Å². The van der Waals surface area contributed by atoms with Crippen LogP contribution < -0.4 is 5.32 Å². The number of hydrogen-bond donors (Lipinski definition) is 1. The third kappa shape index (κ3) is 3.26. The number of amides is 2. The minimum absolute atomic E-state index is 0.00773. The number of aromatic nitrogens is 4. The molecule has 1 aliphatic rings. The highest BCUT2D eigenvalue weighted by atomic mass is 16.2. The Balaban J connectivity index is 1.36. The van der Waals surface area contributed by atoms with Crippen LogP contribution in [-0.2, 0) is 22.7 Å². The molecule has 26 heavy (non-hydrogen) atoms. The molecule has 1 N–H and O–H groups in total. The molecule has 0 saturated carbocycles. The van der Waals surface area contributed by atoms with Gasteiger partial charge in [0.2, 0.25) is 11.8 Å². The average molecular weight is 350 g/mol. The lowest BCUT2D eigenvalue weighted by Gasteiger charge is -2.16. The quantitative estimate of drug-likeness (QED) is 0.734. The molecule has 8 nitrogen and oxygen atoms in total. The van der Waals surface area contributed by atoms with Gasteiger partial charge in [-0.1, -0.05) is 6.07 Å². The van der Waals surface area contributed by atoms with E-state index in [1.165, 1.54) is 0 Å². The van der Waals surface area contributed by atoms with Gasteiger partial charge in [0.15, 0.2) is 5.65 Å². The Morgan fingerprint density at radius 3 is 3.04 bits per heavy atom. The third-order valence-electron chi connectivity index (χ3n) is 4.49. The van der Waals surface area contributed by atoms with Gasteiger partial charge in [0.25, 0.3) is 0 Å². The zero-order chi connectivity index (χ0) is 17.9. The van der Waals surface area contributed by atoms with Gasteiger partial charge in [0, 0.05) is 56.4 Å². The van der Waals surface area contributed by atoms with Crippen LogP contribution in [0.5, 0.6) is 0 Å². The van der Waals surface area contributed by atoms with E-state index >= 15 is 0 Å². The second-order valence-electron chi connectivity index (χ2n) is 6.31. The molecule has 132 valence electrons. The summed E-state index contributed by atoms with van der Waals surface area (Å²) < 4.78 is 1.66. The number of nitrogens with zero attached hydrogens (tertiary/aromatic N) is 5. The van der Waals surface area contributed by atoms with E-state index in [9.17, 15) is 9.59 Å². The van der Waals surface area contributed by atoms with Crippen LogP contribution >= 0.6 is 0 Å². The highest BCUT2D eigenvalue weighted by Crippen LogP contribution is 2.20. The first-order valence-electron chi connectivity index (χ1n) is 8.42. The summed E-state index contributed by atoms with van der Waals surface area (Å²) in [4.78, 5) is 34.7. The number of carbonyl (C=O) groups is 2. The van der Waals surface area contributed by atoms with Crippen molar-refractivity contribution in [1.82, 2.24) is 29.8 Å². The monoisotopic (exact) mass is 350 g/mol. The first-order chi connectivity index (χ1) is 12.7. The first kappa shape index (κ1) is 16.2. The number of hydrogen-bond acceptors (Lipinski definition) is 5. The summed E-state index contributed by atoms with van der Waals surface area (Å²) in [6.07, 6.45) is 8.85. The third-order valence-corrected chi connectivity index (χ3v) is 4.49. The largest absolute Gasteiger partial charge is 0.352 e. The lowest BCUT2D eigenvalue weighted by atomic mass is 10.1. The summed E-state index contributed by atoms with van der Waals surface area (Å²) in [6.45, 7) is 1.24. The van der Waals surface area contributed by atoms with Crippen LogP contribution in [0.1, 0.15) is 17.5 Å². The lowest BCUT2D eigenvalue weighted by Crippen LogP contribution is -2.32. The van der Waals surface area contributed by atoms with E-state index in [2.05, 4.69) is 20.4 Å². The van der Waals surface area contributed by atoms with Gasteiger partial charge in [-0.25, -0.2) is 9.50 Å². The summed E-state index contributed by atoms with van der Waals surface area (Å²) in [7, 11) is 0. The van der Waals surface area contributed by atoms with Crippen LogP contribution in [0.15, 0.2) is 49.2 Å². The maximum atomic E-state index is 12.5. The Hall–Kier alpha value is -3.29. The van der Waals surface area contributed by atoms with E-state index in [1.807, 2.05) is 12.1 Å². The average Bonchev–Trinajstić information content (AvgIpc) is 3.24. The fourth-order valence-corrected chi connectivity index (χ4v) is 3.14. The van der Waals surface area contributed by atoms with Gasteiger partial charge in [-0.05, 0) is 17.7 Å². The molecule has 1 aliphatic heterocycles. The highest BCUT2D eigenvalue weighted by molar-refractivity contribution is 5.89. The van der Waals surface area contributed by atoms with E-state index in [0.29, 0.717) is 25.3 Å². The first-order valence-corrected chi connectivity index (χ1v) is 8.42. The molecule has 0 spiro atoms. The van der Waals surface area contributed by atoms with Crippen molar-refractivity contribution in [3.05, 3.63) is 60.3 Å². The molecule has 1 fully saturated rings. The Morgan fingerprint density at radius 2 is 2.19 bits per heavy atom. The number of likely N-dealkylation sites (tertiary alicyclic amines) is 1. The Kier molecular flexibility index (Phi) is 4.30. The Bertz CT molecular complexity index is 939. The molecule has 4 rings (SSSR count). The number of rotatable bonds is 5. The molecule has 4 heterocycles. The van der Waals surface area contributed by atoms with Crippen molar-refractivity contribution in [2.24, 2.45) is 5.92 Å². The van der Waals surface area contributed by atoms with Crippen LogP contribution in [0.25, 0.3) is 5.65 Å². The van der Waals surface area contributed by atoms with Gasteiger partial charge < -0.3 is 10.2 Å². The normalized spacial score (nSPS) is 17.0. The van der Waals surface area contributed by atoms with Gasteiger partial charge in [-0.2, -0.15) is 5.10 Å². The van der Waals surface area contributed by atoms with Crippen LogP contribution in [0.3, 0.4) is 0 Å². The zero-order valence-corrected chi connectivity index (χ0v) is 14.1. The van der Waals surface area contributed by atoms with Crippen LogP contribution in [0.4, 0.5) is 0 Å². The van der Waals surface area contributed by atoms with Gasteiger partial charge in [0.05, 0.1) is 12.1 Å². The molecule has 0 unspecified atom stereocenters. The SMILES string of the molecule is O=C(NCc1cnn2cccnc12)[C@@H]1CC(=O)N(Cc2cccnc2)C1. The van der Waals surface area contributed by atoms with E-state index < -0.39 is 0 Å². The van der Waals surface area contributed by atoms with Crippen LogP contribution in [0.2, 0.25) is 0 Å². The fraction of sp³-hybridized carbons (Fsp3) is 0.278. The minimum atomic E-state index is -0.339. The predicted octanol–water partition coefficient (Wildman–Crippen LogP) is 0.789. The summed E-state index contributed by atoms with van der Waals surface area (Å²) in [5.74, 6) is -0.470. The van der Waals surface area contributed by atoms with Crippen LogP contribution in [0, 0.1) is 5.92 Å². The maximum Gasteiger partial charge on any atom is 0.225 e. The number of nitrogens with one attached hydrogen (secondary N) is 1. The molecule has 2 amide bonds. The molecule has 3 aromatic heterocycles. The van der Waals surface area contributed by atoms with E-state index in [-0.39, 0.29) is 24.2 Å². The van der Waals surface area contributed by atoms with Crippen molar-refractivity contribution in [3.63, 3.8) is 0 Å². The predicted molar refractivity (Wildman–Crippen MR) is 92.6 cm³/mol. The molecule has 1 saturated heterocycles. The number of pyridine rings is 1. The molecular weight excluding hydrogens is 332 g/mol. The molecule has 0 aliphatic carbocycles. The Morgan fingerprint density at radius 1 is 1.27 bits per heavy atom. The van der Waals surface area contributed by atoms with Crippen molar-refractivity contribution < 1.29 is 9.59 Å². The second kappa shape index (κ2) is 6.91. The van der Waals surface area contributed by atoms with Crippen molar-refractivity contribution in [3.8, 4) is 0 Å². The summed E-state index contributed by atoms with van der Waals surface area (Å²) in [5.41, 5.74) is 2.52. The Labute approximate surface area is 149 Å².